The van der Waals surface area contributed by atoms with Gasteiger partial charge in [-0.05, 0) is 79.6 Å². The Balaban J connectivity index is 1.44. The molecule has 0 radical (unpaired) electrons. The smallest absolute Gasteiger partial charge is 0.291 e. The fourth-order valence-corrected chi connectivity index (χ4v) is 5.36. The molecule has 0 unspecified atom stereocenters. The second kappa shape index (κ2) is 10.8. The number of fused-ring (bicyclic) bond motifs is 1. The Morgan fingerprint density at radius 2 is 1.75 bits per heavy atom. The van der Waals surface area contributed by atoms with E-state index in [0.29, 0.717) is 21.9 Å². The summed E-state index contributed by atoms with van der Waals surface area (Å²) < 4.78 is 14.8. The van der Waals surface area contributed by atoms with Gasteiger partial charge in [-0.1, -0.05) is 36.5 Å². The number of aromatic nitrogens is 5. The number of hydrogen-bond donors (Lipinski definition) is 0. The van der Waals surface area contributed by atoms with Crippen molar-refractivity contribution in [3.8, 4) is 39.8 Å². The molecule has 0 saturated carbocycles. The van der Waals surface area contributed by atoms with E-state index in [1.54, 1.807) is 7.11 Å². The number of thiazole rings is 1. The van der Waals surface area contributed by atoms with Crippen LogP contribution in [0.15, 0.2) is 83.8 Å². The summed E-state index contributed by atoms with van der Waals surface area (Å²) in [6.07, 6.45) is 4.77. The maximum absolute atomic E-state index is 13.4. The minimum Gasteiger partial charge on any atom is -0.497 e. The zero-order valence-corrected chi connectivity index (χ0v) is 23.2. The van der Waals surface area contributed by atoms with Gasteiger partial charge in [-0.2, -0.15) is 14.6 Å². The third-order valence-corrected chi connectivity index (χ3v) is 7.46. The highest BCUT2D eigenvalue weighted by atomic mass is 32.1. The van der Waals surface area contributed by atoms with Crippen molar-refractivity contribution in [2.45, 2.75) is 20.3 Å². The van der Waals surface area contributed by atoms with Crippen molar-refractivity contribution in [3.63, 3.8) is 0 Å². The number of rotatable bonds is 8. The van der Waals surface area contributed by atoms with Crippen molar-refractivity contribution in [2.24, 2.45) is 0 Å². The van der Waals surface area contributed by atoms with E-state index in [-0.39, 0.29) is 5.56 Å². The highest BCUT2D eigenvalue weighted by molar-refractivity contribution is 7.15. The van der Waals surface area contributed by atoms with Gasteiger partial charge in [-0.15, -0.1) is 5.10 Å². The number of methoxy groups -OCH3 is 1. The Kier molecular flexibility index (Phi) is 6.88. The van der Waals surface area contributed by atoms with Crippen LogP contribution in [0.4, 0.5) is 0 Å². The van der Waals surface area contributed by atoms with Crippen LogP contribution in [0, 0.1) is 6.92 Å². The standard InChI is InChI=1S/C31H27N5O3S/c1-4-16-39-25-14-15-26(20(2)17-25)28-22(19-35(33-28)23-8-6-5-7-9-23)18-27-30(37)36-31(40-27)32-29(34-36)21-10-12-24(38-3)13-11-21/h5-15,17-19H,4,16H2,1-3H3/b27-18-. The topological polar surface area (TPSA) is 83.5 Å². The van der Waals surface area contributed by atoms with Crippen LogP contribution in [0.5, 0.6) is 11.5 Å². The number of aryl methyl sites for hydroxylation is 1. The lowest BCUT2D eigenvalue weighted by molar-refractivity contribution is 0.317. The Bertz CT molecular complexity index is 1910. The molecule has 6 rings (SSSR count). The largest absolute Gasteiger partial charge is 0.497 e. The minimum atomic E-state index is -0.217. The second-order valence-corrected chi connectivity index (χ2v) is 10.3. The highest BCUT2D eigenvalue weighted by Crippen LogP contribution is 2.30. The van der Waals surface area contributed by atoms with Crippen LogP contribution in [0.3, 0.4) is 0 Å². The lowest BCUT2D eigenvalue weighted by Crippen LogP contribution is -2.23. The summed E-state index contributed by atoms with van der Waals surface area (Å²) in [5, 5.41) is 9.43. The molecule has 200 valence electrons. The number of ether oxygens (including phenoxy) is 2. The van der Waals surface area contributed by atoms with E-state index in [1.807, 2.05) is 96.7 Å². The third-order valence-electron chi connectivity index (χ3n) is 6.51. The van der Waals surface area contributed by atoms with E-state index >= 15 is 0 Å². The summed E-state index contributed by atoms with van der Waals surface area (Å²) in [7, 11) is 1.62. The summed E-state index contributed by atoms with van der Waals surface area (Å²) in [5.41, 5.74) is 5.14. The first-order valence-corrected chi connectivity index (χ1v) is 13.8. The number of benzene rings is 3. The molecule has 3 aromatic heterocycles. The average Bonchev–Trinajstić information content (AvgIpc) is 3.67. The van der Waals surface area contributed by atoms with Gasteiger partial charge in [0.1, 0.15) is 17.2 Å². The molecule has 3 heterocycles. The van der Waals surface area contributed by atoms with Gasteiger partial charge in [0.2, 0.25) is 4.96 Å². The van der Waals surface area contributed by atoms with Gasteiger partial charge in [0, 0.05) is 22.9 Å². The SMILES string of the molecule is CCCOc1ccc(-c2nn(-c3ccccc3)cc2/C=c2\sc3nc(-c4ccc(OC)cc4)nn3c2=O)c(C)c1. The monoisotopic (exact) mass is 549 g/mol. The second-order valence-electron chi connectivity index (χ2n) is 9.31. The van der Waals surface area contributed by atoms with E-state index in [4.69, 9.17) is 14.6 Å². The van der Waals surface area contributed by atoms with Gasteiger partial charge in [0.05, 0.1) is 23.9 Å². The molecule has 6 aromatic rings. The van der Waals surface area contributed by atoms with Gasteiger partial charge in [0.25, 0.3) is 5.56 Å². The molecule has 0 atom stereocenters. The van der Waals surface area contributed by atoms with Crippen LogP contribution in [0.1, 0.15) is 24.5 Å². The third kappa shape index (κ3) is 4.87. The van der Waals surface area contributed by atoms with E-state index < -0.39 is 0 Å². The molecular weight excluding hydrogens is 522 g/mol. The Morgan fingerprint density at radius 3 is 2.45 bits per heavy atom. The molecule has 9 heteroatoms. The summed E-state index contributed by atoms with van der Waals surface area (Å²) in [6.45, 7) is 4.80. The molecule has 0 aliphatic heterocycles. The first kappa shape index (κ1) is 25.5. The van der Waals surface area contributed by atoms with Crippen molar-refractivity contribution in [1.82, 2.24) is 24.4 Å². The molecule has 3 aromatic carbocycles. The molecule has 0 N–H and O–H groups in total. The van der Waals surface area contributed by atoms with Crippen LogP contribution < -0.4 is 19.6 Å². The lowest BCUT2D eigenvalue weighted by Gasteiger charge is -2.09. The average molecular weight is 550 g/mol. The van der Waals surface area contributed by atoms with Crippen LogP contribution in [-0.2, 0) is 0 Å². The summed E-state index contributed by atoms with van der Waals surface area (Å²) in [6, 6.07) is 23.4. The van der Waals surface area contributed by atoms with Crippen molar-refractivity contribution in [2.75, 3.05) is 13.7 Å². The van der Waals surface area contributed by atoms with Crippen molar-refractivity contribution in [1.29, 1.82) is 0 Å². The normalized spacial score (nSPS) is 11.8. The van der Waals surface area contributed by atoms with E-state index in [1.165, 1.54) is 15.9 Å². The molecule has 0 saturated heterocycles. The predicted molar refractivity (Wildman–Crippen MR) is 157 cm³/mol. The van der Waals surface area contributed by atoms with Crippen molar-refractivity contribution in [3.05, 3.63) is 105 Å². The molecule has 0 amide bonds. The Labute approximate surface area is 234 Å². The van der Waals surface area contributed by atoms with E-state index in [9.17, 15) is 4.79 Å². The summed E-state index contributed by atoms with van der Waals surface area (Å²) in [5.74, 6) is 2.07. The molecule has 0 aliphatic rings. The van der Waals surface area contributed by atoms with Crippen LogP contribution in [-0.4, -0.2) is 38.1 Å². The van der Waals surface area contributed by atoms with Crippen LogP contribution in [0.25, 0.3) is 39.4 Å². The Hall–Kier alpha value is -4.76. The maximum Gasteiger partial charge on any atom is 0.291 e. The minimum absolute atomic E-state index is 0.217. The fraction of sp³-hybridized carbons (Fsp3) is 0.161. The lowest BCUT2D eigenvalue weighted by atomic mass is 10.0. The first-order valence-electron chi connectivity index (χ1n) is 13.0. The molecule has 0 fully saturated rings. The molecule has 8 nitrogen and oxygen atoms in total. The maximum atomic E-state index is 13.4. The van der Waals surface area contributed by atoms with Gasteiger partial charge in [-0.25, -0.2) is 4.68 Å². The van der Waals surface area contributed by atoms with Crippen molar-refractivity contribution >= 4 is 22.4 Å². The van der Waals surface area contributed by atoms with Gasteiger partial charge in [0.15, 0.2) is 5.82 Å². The summed E-state index contributed by atoms with van der Waals surface area (Å²) >= 11 is 1.31. The van der Waals surface area contributed by atoms with Gasteiger partial charge < -0.3 is 9.47 Å². The number of nitrogens with zero attached hydrogens (tertiary/aromatic N) is 5. The summed E-state index contributed by atoms with van der Waals surface area (Å²) in [4.78, 5) is 18.5. The zero-order chi connectivity index (χ0) is 27.6. The molecular formula is C31H27N5O3S. The van der Waals surface area contributed by atoms with Crippen LogP contribution in [0.2, 0.25) is 0 Å². The molecule has 0 aliphatic carbocycles. The van der Waals surface area contributed by atoms with E-state index in [0.717, 1.165) is 51.6 Å². The predicted octanol–water partition coefficient (Wildman–Crippen LogP) is 5.32. The van der Waals surface area contributed by atoms with Crippen molar-refractivity contribution < 1.29 is 9.47 Å². The zero-order valence-electron chi connectivity index (χ0n) is 22.4. The van der Waals surface area contributed by atoms with Crippen LogP contribution >= 0.6 is 11.3 Å². The van der Waals surface area contributed by atoms with Gasteiger partial charge in [-0.3, -0.25) is 4.79 Å². The molecule has 0 spiro atoms. The van der Waals surface area contributed by atoms with Gasteiger partial charge >= 0.3 is 0 Å². The fourth-order valence-electron chi connectivity index (χ4n) is 4.46. The number of para-hydroxylation sites is 1. The quantitative estimate of drug-likeness (QED) is 0.255. The van der Waals surface area contributed by atoms with E-state index in [2.05, 4.69) is 17.0 Å². The highest BCUT2D eigenvalue weighted by Gasteiger charge is 2.16. The number of hydrogen-bond acceptors (Lipinski definition) is 7. The first-order chi connectivity index (χ1) is 19.5. The molecule has 40 heavy (non-hydrogen) atoms. The Morgan fingerprint density at radius 1 is 0.975 bits per heavy atom. The molecule has 0 bridgehead atoms.